The molecule has 6 heteroatoms. The Kier molecular flexibility index (Phi) is 4.81. The summed E-state index contributed by atoms with van der Waals surface area (Å²) in [4.78, 5) is 23.9. The van der Waals surface area contributed by atoms with Crippen LogP contribution in [0.2, 0.25) is 0 Å². The molecule has 1 amide bonds. The Morgan fingerprint density at radius 2 is 2.00 bits per heavy atom. The van der Waals surface area contributed by atoms with Gasteiger partial charge in [0.25, 0.3) is 11.6 Å². The number of alkyl halides is 1. The molecule has 0 atom stereocenters. The predicted octanol–water partition coefficient (Wildman–Crippen LogP) is 2.93. The minimum absolute atomic E-state index is 0.0341. The van der Waals surface area contributed by atoms with Crippen LogP contribution in [0.25, 0.3) is 0 Å². The van der Waals surface area contributed by atoms with Gasteiger partial charge in [0.15, 0.2) is 0 Å². The second-order valence-electron chi connectivity index (χ2n) is 5.65. The van der Waals surface area contributed by atoms with Crippen molar-refractivity contribution >= 4 is 11.6 Å². The second-order valence-corrected chi connectivity index (χ2v) is 5.65. The number of carbonyl (C=O) groups excluding carboxylic acids is 1. The van der Waals surface area contributed by atoms with E-state index in [9.17, 15) is 19.3 Å². The number of benzene rings is 1. The van der Waals surface area contributed by atoms with Gasteiger partial charge in [-0.05, 0) is 11.5 Å². The summed E-state index contributed by atoms with van der Waals surface area (Å²) in [6, 6.07) is 4.40. The molecule has 20 heavy (non-hydrogen) atoms. The van der Waals surface area contributed by atoms with Crippen molar-refractivity contribution in [2.75, 3.05) is 20.3 Å². The van der Waals surface area contributed by atoms with Crippen molar-refractivity contribution < 1.29 is 14.1 Å². The Hall–Kier alpha value is -1.98. The zero-order valence-electron chi connectivity index (χ0n) is 12.1. The number of hydrogen-bond acceptors (Lipinski definition) is 3. The summed E-state index contributed by atoms with van der Waals surface area (Å²) < 4.78 is 12.2. The number of nitro groups is 1. The quantitative estimate of drug-likeness (QED) is 0.630. The number of carbonyl (C=O) groups is 1. The maximum absolute atomic E-state index is 12.2. The summed E-state index contributed by atoms with van der Waals surface area (Å²) in [5.41, 5.74) is 0.277. The zero-order chi connectivity index (χ0) is 15.5. The fourth-order valence-corrected chi connectivity index (χ4v) is 1.90. The lowest BCUT2D eigenvalue weighted by Crippen LogP contribution is -2.29. The van der Waals surface area contributed by atoms with Crippen LogP contribution in [0.5, 0.6) is 0 Å². The van der Waals surface area contributed by atoms with E-state index < -0.39 is 22.9 Å². The van der Waals surface area contributed by atoms with Gasteiger partial charge in [-0.1, -0.05) is 26.8 Å². The van der Waals surface area contributed by atoms with E-state index in [1.165, 1.54) is 18.0 Å². The van der Waals surface area contributed by atoms with Crippen molar-refractivity contribution in [1.82, 2.24) is 4.90 Å². The van der Waals surface area contributed by atoms with Crippen LogP contribution in [0.15, 0.2) is 18.2 Å². The van der Waals surface area contributed by atoms with Gasteiger partial charge in [-0.25, -0.2) is 4.39 Å². The molecule has 0 aromatic heterocycles. The molecule has 1 aromatic rings. The topological polar surface area (TPSA) is 63.5 Å². The number of nitrogens with zero attached hydrogens (tertiary/aromatic N) is 2. The molecule has 0 fully saturated rings. The van der Waals surface area contributed by atoms with Crippen LogP contribution < -0.4 is 0 Å². The minimum Gasteiger partial charge on any atom is -0.339 e. The van der Waals surface area contributed by atoms with Crippen molar-refractivity contribution in [3.05, 3.63) is 39.4 Å². The Labute approximate surface area is 117 Å². The summed E-state index contributed by atoms with van der Waals surface area (Å²) in [5, 5.41) is 11.2. The summed E-state index contributed by atoms with van der Waals surface area (Å²) in [7, 11) is 1.46. The van der Waals surface area contributed by atoms with E-state index in [1.54, 1.807) is 12.1 Å². The Balaban J connectivity index is 3.24. The van der Waals surface area contributed by atoms with E-state index in [2.05, 4.69) is 0 Å². The third-order valence-corrected chi connectivity index (χ3v) is 3.02. The van der Waals surface area contributed by atoms with Crippen molar-refractivity contribution in [1.29, 1.82) is 0 Å². The molecule has 1 rings (SSSR count). The highest BCUT2D eigenvalue weighted by atomic mass is 19.1. The first kappa shape index (κ1) is 16.1. The van der Waals surface area contributed by atoms with Crippen LogP contribution in [-0.4, -0.2) is 36.0 Å². The largest absolute Gasteiger partial charge is 0.339 e. The van der Waals surface area contributed by atoms with Gasteiger partial charge in [0.05, 0.1) is 4.92 Å². The van der Waals surface area contributed by atoms with Crippen molar-refractivity contribution in [2.45, 2.75) is 26.2 Å². The van der Waals surface area contributed by atoms with Crippen molar-refractivity contribution in [3.8, 4) is 0 Å². The molecule has 0 saturated carbocycles. The molecule has 0 aliphatic carbocycles. The highest BCUT2D eigenvalue weighted by Gasteiger charge is 2.26. The maximum atomic E-state index is 12.2. The number of halogens is 1. The number of rotatable bonds is 4. The summed E-state index contributed by atoms with van der Waals surface area (Å²) in [5.74, 6) is -0.425. The van der Waals surface area contributed by atoms with Gasteiger partial charge in [-0.15, -0.1) is 0 Å². The molecular weight excluding hydrogens is 263 g/mol. The SMILES string of the molecule is CN(CCF)C(=O)c1ccc(C(C)(C)C)c([N+](=O)[O-])c1. The van der Waals surface area contributed by atoms with Crippen LogP contribution in [0.1, 0.15) is 36.7 Å². The summed E-state index contributed by atoms with van der Waals surface area (Å²) >= 11 is 0. The molecular formula is C14H19FN2O3. The molecule has 0 saturated heterocycles. The molecule has 0 bridgehead atoms. The van der Waals surface area contributed by atoms with Crippen molar-refractivity contribution in [3.63, 3.8) is 0 Å². The lowest BCUT2D eigenvalue weighted by atomic mass is 9.85. The highest BCUT2D eigenvalue weighted by molar-refractivity contribution is 5.94. The van der Waals surface area contributed by atoms with Gasteiger partial charge in [0, 0.05) is 30.8 Å². The number of hydrogen-bond donors (Lipinski definition) is 0. The third-order valence-electron chi connectivity index (χ3n) is 3.02. The standard InChI is InChI=1S/C14H19FN2O3/c1-14(2,3)11-6-5-10(9-12(11)17(19)20)13(18)16(4)8-7-15/h5-6,9H,7-8H2,1-4H3. The fourth-order valence-electron chi connectivity index (χ4n) is 1.90. The third kappa shape index (κ3) is 3.53. The average Bonchev–Trinajstić information content (AvgIpc) is 2.36. The van der Waals surface area contributed by atoms with E-state index in [4.69, 9.17) is 0 Å². The smallest absolute Gasteiger partial charge is 0.273 e. The number of nitro benzene ring substituents is 1. The normalized spacial score (nSPS) is 11.2. The molecule has 0 N–H and O–H groups in total. The molecule has 0 aliphatic heterocycles. The fraction of sp³-hybridized carbons (Fsp3) is 0.500. The Bertz CT molecular complexity index is 524. The lowest BCUT2D eigenvalue weighted by Gasteiger charge is -2.20. The van der Waals surface area contributed by atoms with Crippen LogP contribution in [-0.2, 0) is 5.41 Å². The van der Waals surface area contributed by atoms with E-state index >= 15 is 0 Å². The highest BCUT2D eigenvalue weighted by Crippen LogP contribution is 2.32. The monoisotopic (exact) mass is 282 g/mol. The van der Waals surface area contributed by atoms with Gasteiger partial charge in [0.1, 0.15) is 6.67 Å². The summed E-state index contributed by atoms with van der Waals surface area (Å²) in [6.45, 7) is 4.92. The average molecular weight is 282 g/mol. The maximum Gasteiger partial charge on any atom is 0.273 e. The zero-order valence-corrected chi connectivity index (χ0v) is 12.1. The van der Waals surface area contributed by atoms with E-state index in [-0.39, 0.29) is 17.8 Å². The van der Waals surface area contributed by atoms with E-state index in [0.29, 0.717) is 5.56 Å². The van der Waals surface area contributed by atoms with E-state index in [1.807, 2.05) is 20.8 Å². The molecule has 0 spiro atoms. The molecule has 5 nitrogen and oxygen atoms in total. The lowest BCUT2D eigenvalue weighted by molar-refractivity contribution is -0.386. The molecule has 1 aromatic carbocycles. The minimum atomic E-state index is -0.648. The van der Waals surface area contributed by atoms with Crippen LogP contribution >= 0.6 is 0 Å². The first-order chi connectivity index (χ1) is 9.18. The van der Waals surface area contributed by atoms with Crippen molar-refractivity contribution in [2.24, 2.45) is 0 Å². The molecule has 0 heterocycles. The van der Waals surface area contributed by atoms with Crippen LogP contribution in [0.4, 0.5) is 10.1 Å². The van der Waals surface area contributed by atoms with Crippen LogP contribution in [0.3, 0.4) is 0 Å². The van der Waals surface area contributed by atoms with Gasteiger partial charge < -0.3 is 4.90 Å². The first-order valence-corrected chi connectivity index (χ1v) is 6.29. The molecule has 0 radical (unpaired) electrons. The Morgan fingerprint density at radius 1 is 1.40 bits per heavy atom. The molecule has 0 unspecified atom stereocenters. The first-order valence-electron chi connectivity index (χ1n) is 6.29. The van der Waals surface area contributed by atoms with E-state index in [0.717, 1.165) is 0 Å². The van der Waals surface area contributed by atoms with Gasteiger partial charge in [-0.2, -0.15) is 0 Å². The van der Waals surface area contributed by atoms with Crippen LogP contribution in [0, 0.1) is 10.1 Å². The Morgan fingerprint density at radius 3 is 2.45 bits per heavy atom. The summed E-state index contributed by atoms with van der Waals surface area (Å²) in [6.07, 6.45) is 0. The van der Waals surface area contributed by atoms with Gasteiger partial charge in [-0.3, -0.25) is 14.9 Å². The molecule has 0 aliphatic rings. The molecule has 110 valence electrons. The van der Waals surface area contributed by atoms with Gasteiger partial charge >= 0.3 is 0 Å². The number of amides is 1. The second kappa shape index (κ2) is 5.98. The predicted molar refractivity (Wildman–Crippen MR) is 74.7 cm³/mol. The van der Waals surface area contributed by atoms with Gasteiger partial charge in [0.2, 0.25) is 0 Å².